The third kappa shape index (κ3) is 5.49. The monoisotopic (exact) mass is 487 g/mol. The van der Waals surface area contributed by atoms with Gasteiger partial charge in [-0.15, -0.1) is 0 Å². The fourth-order valence-corrected chi connectivity index (χ4v) is 3.48. The molecule has 9 heteroatoms. The number of nitrogens with zero attached hydrogens (tertiary/aromatic N) is 1. The molecule has 3 amide bonds. The van der Waals surface area contributed by atoms with Crippen molar-refractivity contribution in [2.24, 2.45) is 5.92 Å². The summed E-state index contributed by atoms with van der Waals surface area (Å²) in [5.41, 5.74) is 7.61. The van der Waals surface area contributed by atoms with E-state index in [4.69, 9.17) is 4.74 Å². The predicted molar refractivity (Wildman–Crippen MR) is 117 cm³/mol. The van der Waals surface area contributed by atoms with E-state index in [1.807, 2.05) is 32.0 Å². The van der Waals surface area contributed by atoms with Gasteiger partial charge in [0.05, 0.1) is 5.92 Å². The van der Waals surface area contributed by atoms with E-state index in [1.165, 1.54) is 0 Å². The quantitative estimate of drug-likeness (QED) is 0.497. The molecule has 0 radical (unpaired) electrons. The fourth-order valence-electron chi connectivity index (χ4n) is 3.22. The highest BCUT2D eigenvalue weighted by Crippen LogP contribution is 2.29. The average molecular weight is 488 g/mol. The summed E-state index contributed by atoms with van der Waals surface area (Å²) in [5, 5.41) is 0. The number of carbonyl (C=O) groups excluding carboxylic acids is 4. The number of anilines is 1. The molecule has 1 atom stereocenters. The molecule has 2 aromatic carbocycles. The van der Waals surface area contributed by atoms with Crippen molar-refractivity contribution in [3.63, 3.8) is 0 Å². The van der Waals surface area contributed by atoms with Crippen LogP contribution in [-0.2, 0) is 19.1 Å². The molecule has 31 heavy (non-hydrogen) atoms. The van der Waals surface area contributed by atoms with Gasteiger partial charge in [0, 0.05) is 28.7 Å². The second kappa shape index (κ2) is 9.74. The molecule has 0 bridgehead atoms. The van der Waals surface area contributed by atoms with Crippen LogP contribution in [0, 0.1) is 19.8 Å². The summed E-state index contributed by atoms with van der Waals surface area (Å²) in [6, 6.07) is 12.2. The number of hydrogen-bond donors (Lipinski definition) is 2. The Labute approximate surface area is 188 Å². The number of esters is 1. The molecule has 0 unspecified atom stereocenters. The number of halogens is 1. The molecule has 1 aliphatic heterocycles. The van der Waals surface area contributed by atoms with Crippen molar-refractivity contribution >= 4 is 45.3 Å². The number of hydrazine groups is 1. The lowest BCUT2D eigenvalue weighted by Gasteiger charge is -2.20. The molecular weight excluding hydrogens is 466 g/mol. The topological polar surface area (TPSA) is 105 Å². The van der Waals surface area contributed by atoms with Crippen molar-refractivity contribution in [1.82, 2.24) is 10.9 Å². The Bertz CT molecular complexity index is 1020. The minimum atomic E-state index is -0.686. The summed E-state index contributed by atoms with van der Waals surface area (Å²) in [6.07, 6.45) is 0.0220. The van der Waals surface area contributed by atoms with Gasteiger partial charge in [-0.25, -0.2) is 0 Å². The van der Waals surface area contributed by atoms with E-state index in [9.17, 15) is 19.2 Å². The van der Waals surface area contributed by atoms with Gasteiger partial charge >= 0.3 is 5.97 Å². The van der Waals surface area contributed by atoms with E-state index in [1.54, 1.807) is 29.2 Å². The molecular formula is C22H22BrN3O5. The fraction of sp³-hybridized carbons (Fsp3) is 0.273. The van der Waals surface area contributed by atoms with Crippen molar-refractivity contribution in [3.05, 3.63) is 63.6 Å². The Morgan fingerprint density at radius 3 is 2.52 bits per heavy atom. The van der Waals surface area contributed by atoms with Gasteiger partial charge in [0.15, 0.2) is 6.61 Å². The van der Waals surface area contributed by atoms with Crippen molar-refractivity contribution in [1.29, 1.82) is 0 Å². The third-order valence-corrected chi connectivity index (χ3v) is 5.62. The Kier molecular flexibility index (Phi) is 7.06. The number of amides is 3. The van der Waals surface area contributed by atoms with Gasteiger partial charge in [-0.3, -0.25) is 30.0 Å². The first kappa shape index (κ1) is 22.5. The van der Waals surface area contributed by atoms with E-state index in [-0.39, 0.29) is 18.9 Å². The van der Waals surface area contributed by atoms with Gasteiger partial charge in [0.2, 0.25) is 5.91 Å². The van der Waals surface area contributed by atoms with Crippen LogP contribution < -0.4 is 15.8 Å². The number of ether oxygens (including phenoxy) is 1. The lowest BCUT2D eigenvalue weighted by molar-refractivity contribution is -0.152. The van der Waals surface area contributed by atoms with Gasteiger partial charge in [0.25, 0.3) is 11.8 Å². The van der Waals surface area contributed by atoms with Crippen molar-refractivity contribution in [2.75, 3.05) is 18.1 Å². The molecule has 3 rings (SSSR count). The zero-order chi connectivity index (χ0) is 22.5. The zero-order valence-electron chi connectivity index (χ0n) is 17.1. The molecule has 2 N–H and O–H groups in total. The summed E-state index contributed by atoms with van der Waals surface area (Å²) in [5.74, 6) is -2.64. The van der Waals surface area contributed by atoms with Crippen LogP contribution in [0.5, 0.6) is 0 Å². The van der Waals surface area contributed by atoms with Gasteiger partial charge in [-0.05, 0) is 55.3 Å². The normalized spacial score (nSPS) is 15.5. The molecule has 0 aliphatic carbocycles. The smallest absolute Gasteiger partial charge is 0.311 e. The second-order valence-corrected chi connectivity index (χ2v) is 8.16. The maximum atomic E-state index is 12.4. The summed E-state index contributed by atoms with van der Waals surface area (Å²) >= 11 is 3.27. The summed E-state index contributed by atoms with van der Waals surface area (Å²) < 4.78 is 5.86. The number of hydrogen-bond acceptors (Lipinski definition) is 5. The van der Waals surface area contributed by atoms with Crippen molar-refractivity contribution in [2.45, 2.75) is 20.3 Å². The predicted octanol–water partition coefficient (Wildman–Crippen LogP) is 2.42. The number of rotatable bonds is 5. The van der Waals surface area contributed by atoms with Crippen LogP contribution in [0.2, 0.25) is 0 Å². The SMILES string of the molecule is Cc1cccc(N2C[C@@H](C(=O)OCC(=O)NNC(=O)c3ccc(Br)cc3)CC2=O)c1C. The lowest BCUT2D eigenvalue weighted by Crippen LogP contribution is -2.43. The number of carbonyl (C=O) groups is 4. The highest BCUT2D eigenvalue weighted by atomic mass is 79.9. The maximum Gasteiger partial charge on any atom is 0.311 e. The molecule has 162 valence electrons. The number of aryl methyl sites for hydroxylation is 1. The van der Waals surface area contributed by atoms with E-state index in [0.29, 0.717) is 5.56 Å². The standard InChI is InChI=1S/C22H22BrN3O5/c1-13-4-3-5-18(14(13)2)26-11-16(10-20(26)28)22(30)31-12-19(27)24-25-21(29)15-6-8-17(23)9-7-15/h3-9,16H,10-12H2,1-2H3,(H,24,27)(H,25,29)/t16-/m0/s1. The van der Waals surface area contributed by atoms with Gasteiger partial charge in [0.1, 0.15) is 0 Å². The van der Waals surface area contributed by atoms with Gasteiger partial charge in [-0.2, -0.15) is 0 Å². The molecule has 1 saturated heterocycles. The highest BCUT2D eigenvalue weighted by molar-refractivity contribution is 9.10. The molecule has 0 saturated carbocycles. The number of benzene rings is 2. The van der Waals surface area contributed by atoms with Crippen LogP contribution in [0.15, 0.2) is 46.9 Å². The third-order valence-electron chi connectivity index (χ3n) is 5.09. The molecule has 0 spiro atoms. The molecule has 2 aromatic rings. The van der Waals surface area contributed by atoms with Crippen LogP contribution in [-0.4, -0.2) is 36.8 Å². The van der Waals surface area contributed by atoms with Crippen LogP contribution in [0.3, 0.4) is 0 Å². The first-order valence-corrected chi connectivity index (χ1v) is 10.4. The number of nitrogens with one attached hydrogen (secondary N) is 2. The van der Waals surface area contributed by atoms with E-state index >= 15 is 0 Å². The van der Waals surface area contributed by atoms with Crippen LogP contribution in [0.4, 0.5) is 5.69 Å². The second-order valence-electron chi connectivity index (χ2n) is 7.24. The highest BCUT2D eigenvalue weighted by Gasteiger charge is 2.37. The van der Waals surface area contributed by atoms with Crippen molar-refractivity contribution < 1.29 is 23.9 Å². The summed E-state index contributed by atoms with van der Waals surface area (Å²) in [7, 11) is 0. The molecule has 0 aromatic heterocycles. The molecule has 1 heterocycles. The molecule has 1 fully saturated rings. The Morgan fingerprint density at radius 2 is 1.81 bits per heavy atom. The van der Waals surface area contributed by atoms with Gasteiger partial charge in [-0.1, -0.05) is 28.1 Å². The Hall–Kier alpha value is -3.20. The Balaban J connectivity index is 1.47. The Morgan fingerprint density at radius 1 is 1.10 bits per heavy atom. The summed E-state index contributed by atoms with van der Waals surface area (Å²) in [4.78, 5) is 50.2. The van der Waals surface area contributed by atoms with E-state index in [0.717, 1.165) is 21.3 Å². The van der Waals surface area contributed by atoms with Crippen LogP contribution in [0.1, 0.15) is 27.9 Å². The van der Waals surface area contributed by atoms with E-state index < -0.39 is 30.3 Å². The minimum Gasteiger partial charge on any atom is -0.455 e. The zero-order valence-corrected chi connectivity index (χ0v) is 18.7. The average Bonchev–Trinajstić information content (AvgIpc) is 3.14. The van der Waals surface area contributed by atoms with Gasteiger partial charge < -0.3 is 9.64 Å². The first-order valence-electron chi connectivity index (χ1n) is 9.64. The largest absolute Gasteiger partial charge is 0.455 e. The first-order chi connectivity index (χ1) is 14.8. The van der Waals surface area contributed by atoms with Crippen LogP contribution in [0.25, 0.3) is 0 Å². The lowest BCUT2D eigenvalue weighted by atomic mass is 10.1. The van der Waals surface area contributed by atoms with Crippen LogP contribution >= 0.6 is 15.9 Å². The van der Waals surface area contributed by atoms with E-state index in [2.05, 4.69) is 26.8 Å². The summed E-state index contributed by atoms with van der Waals surface area (Å²) in [6.45, 7) is 3.52. The van der Waals surface area contributed by atoms with Crippen molar-refractivity contribution in [3.8, 4) is 0 Å². The maximum absolute atomic E-state index is 12.4. The molecule has 8 nitrogen and oxygen atoms in total. The minimum absolute atomic E-state index is 0.0220. The molecule has 1 aliphatic rings.